The summed E-state index contributed by atoms with van der Waals surface area (Å²) in [6, 6.07) is 14.7. The summed E-state index contributed by atoms with van der Waals surface area (Å²) < 4.78 is 73.2. The van der Waals surface area contributed by atoms with E-state index in [0.717, 1.165) is 12.1 Å². The van der Waals surface area contributed by atoms with Crippen molar-refractivity contribution in [3.05, 3.63) is 81.5 Å². The summed E-state index contributed by atoms with van der Waals surface area (Å²) in [6.45, 7) is -0.114. The third kappa shape index (κ3) is 7.37. The Labute approximate surface area is 253 Å². The van der Waals surface area contributed by atoms with E-state index in [1.165, 1.54) is 25.3 Å². The zero-order valence-corrected chi connectivity index (χ0v) is 23.9. The van der Waals surface area contributed by atoms with Gasteiger partial charge >= 0.3 is 12.3 Å². The van der Waals surface area contributed by atoms with Crippen LogP contribution < -0.4 is 24.4 Å². The van der Waals surface area contributed by atoms with Gasteiger partial charge in [0.05, 0.1) is 41.7 Å². The summed E-state index contributed by atoms with van der Waals surface area (Å²) in [5.41, 5.74) is 0.171. The molecule has 0 atom stereocenters. The molecule has 5 rings (SSSR count). The largest absolute Gasteiger partial charge is 0.573 e. The van der Waals surface area contributed by atoms with Crippen molar-refractivity contribution in [2.24, 2.45) is 5.92 Å². The van der Waals surface area contributed by atoms with Crippen LogP contribution in [0.5, 0.6) is 23.0 Å². The highest BCUT2D eigenvalue weighted by molar-refractivity contribution is 6.34. The quantitative estimate of drug-likeness (QED) is 0.167. The van der Waals surface area contributed by atoms with Gasteiger partial charge in [-0.05, 0) is 48.7 Å². The van der Waals surface area contributed by atoms with Crippen molar-refractivity contribution in [3.8, 4) is 34.3 Å². The smallest absolute Gasteiger partial charge is 0.497 e. The maximum atomic E-state index is 13.5. The van der Waals surface area contributed by atoms with Crippen LogP contribution in [0, 0.1) is 5.92 Å². The van der Waals surface area contributed by atoms with E-state index >= 15 is 0 Å². The first-order chi connectivity index (χ1) is 21.0. The lowest BCUT2D eigenvalue weighted by Crippen LogP contribution is -2.37. The van der Waals surface area contributed by atoms with Crippen molar-refractivity contribution in [1.82, 2.24) is 0 Å². The molecular weight excluding hydrogens is 609 g/mol. The summed E-state index contributed by atoms with van der Waals surface area (Å²) >= 11 is 6.25. The average molecular weight is 635 g/mol. The van der Waals surface area contributed by atoms with Crippen molar-refractivity contribution in [2.75, 3.05) is 20.3 Å². The van der Waals surface area contributed by atoms with Gasteiger partial charge in [-0.2, -0.15) is 0 Å². The van der Waals surface area contributed by atoms with Crippen LogP contribution in [-0.2, 0) is 16.1 Å². The van der Waals surface area contributed by atoms with Crippen LogP contribution in [0.3, 0.4) is 0 Å². The Kier molecular flexibility index (Phi) is 9.21. The van der Waals surface area contributed by atoms with E-state index < -0.39 is 29.4 Å². The Hall–Kier alpha value is -4.42. The number of fused-ring (bicyclic) bond motifs is 1. The highest BCUT2D eigenvalue weighted by atomic mass is 35.5. The van der Waals surface area contributed by atoms with E-state index in [-0.39, 0.29) is 64.7 Å². The van der Waals surface area contributed by atoms with Crippen LogP contribution in [-0.4, -0.2) is 43.9 Å². The molecule has 13 heteroatoms. The molecule has 232 valence electrons. The number of benzene rings is 3. The summed E-state index contributed by atoms with van der Waals surface area (Å²) in [4.78, 5) is 23.9. The number of alkyl halides is 3. The fourth-order valence-corrected chi connectivity index (χ4v) is 4.81. The van der Waals surface area contributed by atoms with Gasteiger partial charge in [0.15, 0.2) is 22.5 Å². The molecule has 0 bridgehead atoms. The average Bonchev–Trinajstić information content (AvgIpc) is 2.95. The summed E-state index contributed by atoms with van der Waals surface area (Å²) in [5, 5.41) is 9.37. The Balaban J connectivity index is 1.48. The predicted molar refractivity (Wildman–Crippen MR) is 153 cm³/mol. The zero-order chi connectivity index (χ0) is 31.4. The molecule has 1 N–H and O–H groups in total. The van der Waals surface area contributed by atoms with Gasteiger partial charge in [-0.3, -0.25) is 9.59 Å². The minimum atomic E-state index is -5.07. The number of ether oxygens (including phenoxy) is 5. The monoisotopic (exact) mass is 634 g/mol. The van der Waals surface area contributed by atoms with Gasteiger partial charge in [0.25, 0.3) is 0 Å². The summed E-state index contributed by atoms with van der Waals surface area (Å²) in [6.07, 6.45) is -4.58. The summed E-state index contributed by atoms with van der Waals surface area (Å²) in [7, 11) is 1.50. The molecule has 1 aliphatic carbocycles. The lowest BCUT2D eigenvalue weighted by molar-refractivity contribution is -0.275. The molecule has 0 spiro atoms. The van der Waals surface area contributed by atoms with E-state index in [2.05, 4.69) is 4.74 Å². The maximum Gasteiger partial charge on any atom is 0.573 e. The zero-order valence-electron chi connectivity index (χ0n) is 23.2. The normalized spacial score (nSPS) is 16.3. The number of carboxylic acid groups (broad SMARTS) is 1. The number of hydrogen-bond acceptors (Lipinski definition) is 8. The topological polar surface area (TPSA) is 114 Å². The molecule has 1 heterocycles. The van der Waals surface area contributed by atoms with Crippen LogP contribution in [0.2, 0.25) is 5.02 Å². The van der Waals surface area contributed by atoms with Crippen molar-refractivity contribution >= 4 is 28.5 Å². The number of para-hydroxylation sites is 1. The molecular formula is C31H26ClF3O9. The first-order valence-corrected chi connectivity index (χ1v) is 13.8. The van der Waals surface area contributed by atoms with Gasteiger partial charge in [0.1, 0.15) is 30.5 Å². The Morgan fingerprint density at radius 3 is 2.43 bits per heavy atom. The lowest BCUT2D eigenvalue weighted by Gasteiger charge is -2.32. The molecule has 0 aliphatic heterocycles. The van der Waals surface area contributed by atoms with Crippen LogP contribution >= 0.6 is 11.6 Å². The first kappa shape index (κ1) is 31.0. The molecule has 0 saturated heterocycles. The van der Waals surface area contributed by atoms with E-state index in [1.807, 2.05) is 0 Å². The SMILES string of the molecule is COc1ccc(COc2cc(OCCO[C@H]3C[C@@H](C(=O)O)C3)c(-c3cc(=O)c4cccc(Cl)c4o3)cc2OC(F)(F)F)cc1. The van der Waals surface area contributed by atoms with Gasteiger partial charge < -0.3 is 33.2 Å². The Morgan fingerprint density at radius 2 is 1.75 bits per heavy atom. The third-order valence-corrected chi connectivity index (χ3v) is 7.23. The van der Waals surface area contributed by atoms with Crippen LogP contribution in [0.15, 0.2) is 69.9 Å². The van der Waals surface area contributed by atoms with Gasteiger partial charge in [0, 0.05) is 12.1 Å². The maximum absolute atomic E-state index is 13.5. The fourth-order valence-electron chi connectivity index (χ4n) is 4.60. The minimum absolute atomic E-state index is 0.0134. The number of rotatable bonds is 12. The number of carbonyl (C=O) groups is 1. The number of methoxy groups -OCH3 is 1. The Morgan fingerprint density at radius 1 is 1.00 bits per heavy atom. The van der Waals surface area contributed by atoms with Crippen LogP contribution in [0.25, 0.3) is 22.3 Å². The number of aliphatic carboxylic acids is 1. The van der Waals surface area contributed by atoms with Crippen molar-refractivity contribution in [3.63, 3.8) is 0 Å². The molecule has 0 unspecified atom stereocenters. The van der Waals surface area contributed by atoms with E-state index in [9.17, 15) is 22.8 Å². The number of carboxylic acids is 1. The Bertz CT molecular complexity index is 1700. The van der Waals surface area contributed by atoms with Crippen molar-refractivity contribution < 1.29 is 51.2 Å². The van der Waals surface area contributed by atoms with Crippen LogP contribution in [0.1, 0.15) is 18.4 Å². The van der Waals surface area contributed by atoms with Crippen molar-refractivity contribution in [1.29, 1.82) is 0 Å². The molecule has 4 aromatic rings. The molecule has 9 nitrogen and oxygen atoms in total. The van der Waals surface area contributed by atoms with Crippen LogP contribution in [0.4, 0.5) is 13.2 Å². The minimum Gasteiger partial charge on any atom is -0.497 e. The molecule has 1 fully saturated rings. The summed E-state index contributed by atoms with van der Waals surface area (Å²) in [5.74, 6) is -1.84. The standard InChI is InChI=1S/C31H26ClF3O9/c1-39-19-7-5-17(6-8-19)16-42-27-15-25(41-10-9-40-20-11-18(12-20)30(37)38)22(13-28(27)44-31(33,34)35)26-14-24(36)21-3-2-4-23(32)29(21)43-26/h2-8,13-15,18,20H,9-12,16H2,1H3,(H,37,38)/t18-,20+. The van der Waals surface area contributed by atoms with Crippen molar-refractivity contribution in [2.45, 2.75) is 31.9 Å². The molecule has 3 aromatic carbocycles. The first-order valence-electron chi connectivity index (χ1n) is 13.4. The van der Waals surface area contributed by atoms with E-state index in [0.29, 0.717) is 24.2 Å². The second-order valence-corrected chi connectivity index (χ2v) is 10.3. The molecule has 1 aliphatic rings. The molecule has 44 heavy (non-hydrogen) atoms. The van der Waals surface area contributed by atoms with Gasteiger partial charge in [-0.15, -0.1) is 13.2 Å². The third-order valence-electron chi connectivity index (χ3n) is 6.94. The highest BCUT2D eigenvalue weighted by Crippen LogP contribution is 2.43. The highest BCUT2D eigenvalue weighted by Gasteiger charge is 2.35. The second kappa shape index (κ2) is 13.1. The molecule has 0 amide bonds. The van der Waals surface area contributed by atoms with E-state index in [1.54, 1.807) is 30.3 Å². The van der Waals surface area contributed by atoms with Gasteiger partial charge in [0.2, 0.25) is 0 Å². The lowest BCUT2D eigenvalue weighted by atomic mass is 9.82. The van der Waals surface area contributed by atoms with E-state index in [4.69, 9.17) is 40.1 Å². The predicted octanol–water partition coefficient (Wildman–Crippen LogP) is 6.86. The molecule has 0 radical (unpaired) electrons. The molecule has 1 aromatic heterocycles. The number of halogens is 4. The second-order valence-electron chi connectivity index (χ2n) is 9.92. The van der Waals surface area contributed by atoms with Gasteiger partial charge in [-0.1, -0.05) is 29.8 Å². The fraction of sp³-hybridized carbons (Fsp3) is 0.290. The molecule has 1 saturated carbocycles. The van der Waals surface area contributed by atoms with Gasteiger partial charge in [-0.25, -0.2) is 0 Å². The number of hydrogen-bond donors (Lipinski definition) is 1.